The number of ether oxygens (including phenoxy) is 2. The summed E-state index contributed by atoms with van der Waals surface area (Å²) in [6.45, 7) is 10.7. The van der Waals surface area contributed by atoms with Gasteiger partial charge in [-0.3, -0.25) is 0 Å². The minimum atomic E-state index is -1.16. The average Bonchev–Trinajstić information content (AvgIpc) is 3.50. The summed E-state index contributed by atoms with van der Waals surface area (Å²) >= 11 is 0. The van der Waals surface area contributed by atoms with E-state index in [-0.39, 0.29) is 35.6 Å². The highest BCUT2D eigenvalue weighted by Gasteiger charge is 2.78. The number of epoxide rings is 1. The number of aliphatic hydroxyl groups excluding tert-OH is 2. The first-order chi connectivity index (χ1) is 15.9. The smallest absolute Gasteiger partial charge is 0.333 e. The second kappa shape index (κ2) is 7.30. The van der Waals surface area contributed by atoms with Gasteiger partial charge in [-0.05, 0) is 81.0 Å². The summed E-state index contributed by atoms with van der Waals surface area (Å²) in [5.41, 5.74) is 0.234. The molecule has 0 amide bonds. The van der Waals surface area contributed by atoms with Gasteiger partial charge in [0, 0.05) is 23.8 Å². The summed E-state index contributed by atoms with van der Waals surface area (Å²) < 4.78 is 12.2. The van der Waals surface area contributed by atoms with E-state index in [1.165, 1.54) is 0 Å². The molecule has 34 heavy (non-hydrogen) atoms. The van der Waals surface area contributed by atoms with Gasteiger partial charge in [0.25, 0.3) is 0 Å². The van der Waals surface area contributed by atoms with Crippen LogP contribution in [-0.4, -0.2) is 57.4 Å². The Hall–Kier alpha value is -0.950. The maximum absolute atomic E-state index is 12.4. The summed E-state index contributed by atoms with van der Waals surface area (Å²) in [5, 5.41) is 33.4. The molecule has 190 valence electrons. The Morgan fingerprint density at radius 2 is 1.82 bits per heavy atom. The third kappa shape index (κ3) is 2.80. The molecule has 0 aromatic heterocycles. The summed E-state index contributed by atoms with van der Waals surface area (Å²) in [6.07, 6.45) is 4.01. The Labute approximate surface area is 203 Å². The Morgan fingerprint density at radius 1 is 1.09 bits per heavy atom. The van der Waals surface area contributed by atoms with E-state index >= 15 is 0 Å². The molecule has 6 rings (SSSR count). The maximum atomic E-state index is 12.4. The molecule has 0 radical (unpaired) electrons. The van der Waals surface area contributed by atoms with Crippen LogP contribution in [0.25, 0.3) is 0 Å². The molecule has 13 atom stereocenters. The number of esters is 1. The number of rotatable bonds is 2. The number of aliphatic hydroxyl groups is 3. The van der Waals surface area contributed by atoms with Crippen LogP contribution in [-0.2, 0) is 14.3 Å². The molecule has 0 unspecified atom stereocenters. The summed E-state index contributed by atoms with van der Waals surface area (Å²) in [6, 6.07) is 0. The van der Waals surface area contributed by atoms with Gasteiger partial charge in [-0.25, -0.2) is 4.79 Å². The van der Waals surface area contributed by atoms with Gasteiger partial charge in [-0.1, -0.05) is 26.3 Å². The second-order valence-corrected chi connectivity index (χ2v) is 13.3. The van der Waals surface area contributed by atoms with Crippen molar-refractivity contribution in [3.63, 3.8) is 0 Å². The fourth-order valence-corrected chi connectivity index (χ4v) is 9.95. The van der Waals surface area contributed by atoms with E-state index in [0.717, 1.165) is 43.3 Å². The average molecular weight is 475 g/mol. The third-order valence-electron chi connectivity index (χ3n) is 12.2. The second-order valence-electron chi connectivity index (χ2n) is 13.3. The van der Waals surface area contributed by atoms with E-state index in [0.29, 0.717) is 36.5 Å². The lowest BCUT2D eigenvalue weighted by atomic mass is 9.42. The van der Waals surface area contributed by atoms with Crippen molar-refractivity contribution in [3.05, 3.63) is 11.1 Å². The molecule has 0 bridgehead atoms. The van der Waals surface area contributed by atoms with Crippen LogP contribution in [0.4, 0.5) is 0 Å². The van der Waals surface area contributed by atoms with Crippen LogP contribution in [0.2, 0.25) is 0 Å². The number of fused-ring (bicyclic) bond motifs is 8. The monoisotopic (exact) mass is 474 g/mol. The van der Waals surface area contributed by atoms with Gasteiger partial charge in [0.1, 0.15) is 17.8 Å². The summed E-state index contributed by atoms with van der Waals surface area (Å²) in [5.74, 6) is 1.61. The zero-order valence-electron chi connectivity index (χ0n) is 21.3. The van der Waals surface area contributed by atoms with Gasteiger partial charge in [0.15, 0.2) is 0 Å². The first-order valence-corrected chi connectivity index (χ1v) is 13.5. The molecule has 5 fully saturated rings. The molecule has 3 N–H and O–H groups in total. The molecule has 4 aliphatic carbocycles. The fraction of sp³-hybridized carbons (Fsp3) is 0.893. The lowest BCUT2D eigenvalue weighted by molar-refractivity contribution is -0.250. The molecule has 6 aliphatic rings. The first kappa shape index (κ1) is 23.4. The number of hydrogen-bond donors (Lipinski definition) is 3. The quantitative estimate of drug-likeness (QED) is 0.419. The van der Waals surface area contributed by atoms with E-state index in [1.54, 1.807) is 0 Å². The zero-order chi connectivity index (χ0) is 24.4. The number of carbonyl (C=O) groups excluding carboxylic acids is 1. The van der Waals surface area contributed by atoms with Gasteiger partial charge >= 0.3 is 5.97 Å². The Kier molecular flexibility index (Phi) is 5.04. The van der Waals surface area contributed by atoms with Gasteiger partial charge in [-0.2, -0.15) is 0 Å². The molecule has 2 aliphatic heterocycles. The summed E-state index contributed by atoms with van der Waals surface area (Å²) in [7, 11) is 0. The van der Waals surface area contributed by atoms with E-state index in [1.807, 2.05) is 6.92 Å². The largest absolute Gasteiger partial charge is 0.458 e. The van der Waals surface area contributed by atoms with Gasteiger partial charge in [0.05, 0.1) is 18.3 Å². The molecule has 6 nitrogen and oxygen atoms in total. The van der Waals surface area contributed by atoms with Gasteiger partial charge in [0.2, 0.25) is 0 Å². The highest BCUT2D eigenvalue weighted by molar-refractivity contribution is 5.89. The van der Waals surface area contributed by atoms with Gasteiger partial charge in [-0.15, -0.1) is 0 Å². The Morgan fingerprint density at radius 3 is 2.53 bits per heavy atom. The third-order valence-corrected chi connectivity index (χ3v) is 12.2. The van der Waals surface area contributed by atoms with Crippen molar-refractivity contribution in [2.45, 2.75) is 116 Å². The Balaban J connectivity index is 1.29. The molecular formula is C28H42O6. The number of cyclic esters (lactones) is 1. The number of carbonyl (C=O) groups is 1. The van der Waals surface area contributed by atoms with E-state index < -0.39 is 23.2 Å². The van der Waals surface area contributed by atoms with E-state index in [2.05, 4.69) is 27.7 Å². The van der Waals surface area contributed by atoms with Crippen molar-refractivity contribution in [3.8, 4) is 0 Å². The lowest BCUT2D eigenvalue weighted by Gasteiger charge is -2.63. The van der Waals surface area contributed by atoms with E-state index in [9.17, 15) is 20.1 Å². The Bertz CT molecular complexity index is 930. The van der Waals surface area contributed by atoms with Crippen molar-refractivity contribution in [1.82, 2.24) is 0 Å². The standard InChI is InChI=1S/C28H42O6/c1-13-10-20(33-25(31)14(13)2)15(3)17-6-7-18-22-19(8-9-26(17,18)4)27(5)21(30)11-16(29)12-28(27,32)24-23(22)34-24/h15-24,29-30,32H,6-12H2,1-5H3/t15-,16-,17+,18-,19-,20+,21-,22-,23-,24-,26+,27-,28-/m0/s1. The van der Waals surface area contributed by atoms with Crippen LogP contribution < -0.4 is 0 Å². The van der Waals surface area contributed by atoms with Crippen molar-refractivity contribution in [1.29, 1.82) is 0 Å². The lowest BCUT2D eigenvalue weighted by Crippen LogP contribution is -2.71. The molecule has 4 saturated carbocycles. The number of hydrogen-bond acceptors (Lipinski definition) is 6. The van der Waals surface area contributed by atoms with Crippen LogP contribution in [0, 0.1) is 40.4 Å². The highest BCUT2D eigenvalue weighted by atomic mass is 16.6. The predicted molar refractivity (Wildman–Crippen MR) is 126 cm³/mol. The maximum Gasteiger partial charge on any atom is 0.333 e. The van der Waals surface area contributed by atoms with Crippen molar-refractivity contribution >= 4 is 5.97 Å². The molecule has 0 spiro atoms. The molecule has 1 saturated heterocycles. The highest BCUT2D eigenvalue weighted by Crippen LogP contribution is 2.72. The van der Waals surface area contributed by atoms with Crippen LogP contribution in [0.1, 0.15) is 79.6 Å². The normalized spacial score (nSPS) is 57.2. The van der Waals surface area contributed by atoms with Gasteiger partial charge < -0.3 is 24.8 Å². The minimum Gasteiger partial charge on any atom is -0.458 e. The van der Waals surface area contributed by atoms with Crippen LogP contribution in [0.15, 0.2) is 11.1 Å². The molecule has 0 aromatic rings. The van der Waals surface area contributed by atoms with Crippen LogP contribution in [0.3, 0.4) is 0 Å². The topological polar surface area (TPSA) is 99.5 Å². The summed E-state index contributed by atoms with van der Waals surface area (Å²) in [4.78, 5) is 12.4. The zero-order valence-corrected chi connectivity index (χ0v) is 21.3. The van der Waals surface area contributed by atoms with Crippen LogP contribution in [0.5, 0.6) is 0 Å². The predicted octanol–water partition coefficient (Wildman–Crippen LogP) is 3.37. The molecule has 2 heterocycles. The van der Waals surface area contributed by atoms with Crippen LogP contribution >= 0.6 is 0 Å². The molecular weight excluding hydrogens is 432 g/mol. The minimum absolute atomic E-state index is 0.0274. The SMILES string of the molecule is CC1=C(C)C(=O)O[C@@H]([C@@H](C)[C@H]2CC[C@H]3[C@@H]4[C@@H]5O[C@@H]5[C@@]5(O)C[C@@H](O)C[C@H](O)[C@]5(C)[C@H]4CC[C@]23C)C1. The van der Waals surface area contributed by atoms with Crippen molar-refractivity contribution in [2.75, 3.05) is 0 Å². The molecule has 0 aromatic carbocycles. The molecule has 6 heteroatoms. The van der Waals surface area contributed by atoms with Crippen molar-refractivity contribution in [2.24, 2.45) is 40.4 Å². The first-order valence-electron chi connectivity index (χ1n) is 13.5. The van der Waals surface area contributed by atoms with E-state index in [4.69, 9.17) is 9.47 Å². The fourth-order valence-electron chi connectivity index (χ4n) is 9.95. The van der Waals surface area contributed by atoms with Crippen molar-refractivity contribution < 1.29 is 29.6 Å².